The number of rotatable bonds is 2. The fourth-order valence-electron chi connectivity index (χ4n) is 0.784. The van der Waals surface area contributed by atoms with Gasteiger partial charge < -0.3 is 5.32 Å². The Bertz CT molecular complexity index is 237. The minimum absolute atomic E-state index is 0. The normalized spacial score (nSPS) is 8.54. The second kappa shape index (κ2) is 7.33. The molecule has 2 nitrogen and oxygen atoms in total. The molecule has 1 heterocycles. The van der Waals surface area contributed by atoms with E-state index in [9.17, 15) is 4.39 Å². The van der Waals surface area contributed by atoms with Crippen LogP contribution in [0.2, 0.25) is 5.02 Å². The predicted octanol–water partition coefficient (Wildman–Crippen LogP) is 2.44. The van der Waals surface area contributed by atoms with Gasteiger partial charge in [-0.15, -0.1) is 24.8 Å². The van der Waals surface area contributed by atoms with Crippen molar-refractivity contribution < 1.29 is 4.39 Å². The van der Waals surface area contributed by atoms with Crippen LogP contribution in [0.1, 0.15) is 5.56 Å². The van der Waals surface area contributed by atoms with Crippen molar-refractivity contribution in [3.05, 3.63) is 28.8 Å². The van der Waals surface area contributed by atoms with Crippen LogP contribution >= 0.6 is 36.4 Å². The molecule has 76 valence electrons. The van der Waals surface area contributed by atoms with Gasteiger partial charge in [-0.25, -0.2) is 4.39 Å². The Morgan fingerprint density at radius 3 is 2.54 bits per heavy atom. The first-order valence-electron chi connectivity index (χ1n) is 3.18. The average Bonchev–Trinajstić information content (AvgIpc) is 1.97. The SMILES string of the molecule is CNCc1c(F)cncc1Cl.Cl.Cl. The largest absolute Gasteiger partial charge is 0.316 e. The molecule has 0 radical (unpaired) electrons. The lowest BCUT2D eigenvalue weighted by molar-refractivity contribution is 0.595. The summed E-state index contributed by atoms with van der Waals surface area (Å²) in [5.74, 6) is -0.369. The molecule has 0 saturated heterocycles. The maximum Gasteiger partial charge on any atom is 0.147 e. The van der Waals surface area contributed by atoms with Crippen LogP contribution in [0.4, 0.5) is 4.39 Å². The molecule has 0 bridgehead atoms. The molecule has 0 amide bonds. The van der Waals surface area contributed by atoms with Crippen molar-refractivity contribution in [1.82, 2.24) is 10.3 Å². The lowest BCUT2D eigenvalue weighted by Crippen LogP contribution is -2.07. The first-order valence-corrected chi connectivity index (χ1v) is 3.56. The van der Waals surface area contributed by atoms with Crippen LogP contribution in [0.15, 0.2) is 12.4 Å². The van der Waals surface area contributed by atoms with Crippen molar-refractivity contribution in [2.75, 3.05) is 7.05 Å². The Hall–Kier alpha value is -0.0900. The van der Waals surface area contributed by atoms with Crippen LogP contribution in [-0.2, 0) is 6.54 Å². The zero-order valence-electron chi connectivity index (χ0n) is 6.88. The van der Waals surface area contributed by atoms with Gasteiger partial charge in [0.2, 0.25) is 0 Å². The summed E-state index contributed by atoms with van der Waals surface area (Å²) >= 11 is 5.67. The fraction of sp³-hybridized carbons (Fsp3) is 0.286. The topological polar surface area (TPSA) is 24.9 Å². The van der Waals surface area contributed by atoms with Crippen LogP contribution < -0.4 is 5.32 Å². The molecule has 13 heavy (non-hydrogen) atoms. The molecule has 0 spiro atoms. The minimum atomic E-state index is -0.369. The Morgan fingerprint density at radius 1 is 1.46 bits per heavy atom. The van der Waals surface area contributed by atoms with Gasteiger partial charge in [0.15, 0.2) is 0 Å². The molecule has 0 aliphatic rings. The van der Waals surface area contributed by atoms with Crippen molar-refractivity contribution >= 4 is 36.4 Å². The minimum Gasteiger partial charge on any atom is -0.316 e. The maximum atomic E-state index is 12.9. The third kappa shape index (κ3) is 4.09. The molecule has 0 aromatic carbocycles. The van der Waals surface area contributed by atoms with E-state index in [1.165, 1.54) is 6.20 Å². The van der Waals surface area contributed by atoms with E-state index in [1.807, 2.05) is 0 Å². The molecule has 0 fully saturated rings. The van der Waals surface area contributed by atoms with Crippen LogP contribution in [0.25, 0.3) is 0 Å². The molecule has 1 N–H and O–H groups in total. The summed E-state index contributed by atoms with van der Waals surface area (Å²) in [5, 5.41) is 3.17. The third-order valence-electron chi connectivity index (χ3n) is 1.31. The molecule has 0 aliphatic heterocycles. The van der Waals surface area contributed by atoms with Gasteiger partial charge >= 0.3 is 0 Å². The number of pyridine rings is 1. The summed E-state index contributed by atoms with van der Waals surface area (Å²) in [6, 6.07) is 0. The zero-order chi connectivity index (χ0) is 8.27. The van der Waals surface area contributed by atoms with E-state index in [2.05, 4.69) is 10.3 Å². The van der Waals surface area contributed by atoms with Crippen LogP contribution in [-0.4, -0.2) is 12.0 Å². The quantitative estimate of drug-likeness (QED) is 0.868. The van der Waals surface area contributed by atoms with E-state index in [4.69, 9.17) is 11.6 Å². The average molecular weight is 248 g/mol. The molecule has 1 rings (SSSR count). The Labute approximate surface area is 93.7 Å². The Morgan fingerprint density at radius 2 is 2.08 bits per heavy atom. The summed E-state index contributed by atoms with van der Waals surface area (Å²) in [5.41, 5.74) is 0.462. The number of hydrogen-bond acceptors (Lipinski definition) is 2. The summed E-state index contributed by atoms with van der Waals surface area (Å²) in [7, 11) is 1.73. The van der Waals surface area contributed by atoms with E-state index >= 15 is 0 Å². The van der Waals surface area contributed by atoms with Crippen molar-refractivity contribution in [1.29, 1.82) is 0 Å². The number of hydrogen-bond donors (Lipinski definition) is 1. The first-order chi connectivity index (χ1) is 5.25. The molecule has 1 aromatic rings. The van der Waals surface area contributed by atoms with Gasteiger partial charge in [0.1, 0.15) is 5.82 Å². The highest BCUT2D eigenvalue weighted by Gasteiger charge is 2.04. The van der Waals surface area contributed by atoms with E-state index in [1.54, 1.807) is 7.05 Å². The summed E-state index contributed by atoms with van der Waals surface area (Å²) < 4.78 is 12.9. The van der Waals surface area contributed by atoms with Gasteiger partial charge in [-0.3, -0.25) is 4.98 Å². The maximum absolute atomic E-state index is 12.9. The second-order valence-electron chi connectivity index (χ2n) is 2.11. The molecular weight excluding hydrogens is 237 g/mol. The van der Waals surface area contributed by atoms with Crippen LogP contribution in [0, 0.1) is 5.82 Å². The standard InChI is InChI=1S/C7H8ClFN2.2ClH/c1-10-2-5-6(8)3-11-4-7(5)9;;/h3-4,10H,2H2,1H3;2*1H. The van der Waals surface area contributed by atoms with E-state index in [-0.39, 0.29) is 30.6 Å². The van der Waals surface area contributed by atoms with Gasteiger partial charge in [0, 0.05) is 18.3 Å². The monoisotopic (exact) mass is 246 g/mol. The highest BCUT2D eigenvalue weighted by Crippen LogP contribution is 2.16. The highest BCUT2D eigenvalue weighted by atomic mass is 35.5. The van der Waals surface area contributed by atoms with E-state index in [0.717, 1.165) is 6.20 Å². The smallest absolute Gasteiger partial charge is 0.147 e. The molecule has 6 heteroatoms. The van der Waals surface area contributed by atoms with Crippen molar-refractivity contribution in [3.8, 4) is 0 Å². The summed E-state index contributed by atoms with van der Waals surface area (Å²) in [6.45, 7) is 0.424. The van der Waals surface area contributed by atoms with Gasteiger partial charge in [-0.2, -0.15) is 0 Å². The summed E-state index contributed by atoms with van der Waals surface area (Å²) in [6.07, 6.45) is 2.58. The zero-order valence-corrected chi connectivity index (χ0v) is 9.27. The molecule has 0 atom stereocenters. The van der Waals surface area contributed by atoms with Crippen LogP contribution in [0.3, 0.4) is 0 Å². The van der Waals surface area contributed by atoms with Crippen molar-refractivity contribution in [3.63, 3.8) is 0 Å². The fourth-order valence-corrected chi connectivity index (χ4v) is 0.997. The first kappa shape index (κ1) is 15.4. The molecular formula is C7H10Cl3FN2. The summed E-state index contributed by atoms with van der Waals surface area (Å²) in [4.78, 5) is 3.59. The van der Waals surface area contributed by atoms with Gasteiger partial charge in [-0.05, 0) is 7.05 Å². The predicted molar refractivity (Wildman–Crippen MR) is 56.5 cm³/mol. The molecule has 0 aliphatic carbocycles. The van der Waals surface area contributed by atoms with Gasteiger partial charge in [-0.1, -0.05) is 11.6 Å². The Kier molecular flexibility index (Phi) is 8.67. The number of aromatic nitrogens is 1. The lowest BCUT2D eigenvalue weighted by Gasteiger charge is -2.02. The number of nitrogens with one attached hydrogen (secondary N) is 1. The second-order valence-corrected chi connectivity index (χ2v) is 2.52. The van der Waals surface area contributed by atoms with E-state index < -0.39 is 0 Å². The third-order valence-corrected chi connectivity index (χ3v) is 1.63. The van der Waals surface area contributed by atoms with Crippen LogP contribution in [0.5, 0.6) is 0 Å². The molecule has 0 saturated carbocycles. The van der Waals surface area contributed by atoms with Gasteiger partial charge in [0.05, 0.1) is 11.2 Å². The Balaban J connectivity index is 0. The lowest BCUT2D eigenvalue weighted by atomic mass is 10.2. The number of nitrogens with zero attached hydrogens (tertiary/aromatic N) is 1. The van der Waals surface area contributed by atoms with Crippen molar-refractivity contribution in [2.24, 2.45) is 0 Å². The van der Waals surface area contributed by atoms with E-state index in [0.29, 0.717) is 17.1 Å². The van der Waals surface area contributed by atoms with Gasteiger partial charge in [0.25, 0.3) is 0 Å². The number of halogens is 4. The molecule has 0 unspecified atom stereocenters. The highest BCUT2D eigenvalue weighted by molar-refractivity contribution is 6.31. The molecule has 1 aromatic heterocycles. The van der Waals surface area contributed by atoms with Crippen molar-refractivity contribution in [2.45, 2.75) is 6.54 Å².